The van der Waals surface area contributed by atoms with E-state index in [9.17, 15) is 18.8 Å². The van der Waals surface area contributed by atoms with Crippen LogP contribution >= 0.6 is 0 Å². The molecule has 0 unspecified atom stereocenters. The van der Waals surface area contributed by atoms with Crippen LogP contribution in [-0.4, -0.2) is 22.6 Å². The Bertz CT molecular complexity index is 786. The van der Waals surface area contributed by atoms with Crippen molar-refractivity contribution >= 4 is 23.4 Å². The maximum Gasteiger partial charge on any atom is 0.255 e. The average Bonchev–Trinajstić information content (AvgIpc) is 2.88. The van der Waals surface area contributed by atoms with Crippen LogP contribution in [-0.2, 0) is 16.1 Å². The summed E-state index contributed by atoms with van der Waals surface area (Å²) in [6.45, 7) is 0.232. The summed E-state index contributed by atoms with van der Waals surface area (Å²) in [5.74, 6) is -1.21. The molecule has 1 heterocycles. The zero-order chi connectivity index (χ0) is 17.1. The molecular formula is C18H15FN2O3. The van der Waals surface area contributed by atoms with E-state index in [1.54, 1.807) is 24.3 Å². The molecule has 24 heavy (non-hydrogen) atoms. The van der Waals surface area contributed by atoms with E-state index in [2.05, 4.69) is 5.32 Å². The second-order valence-corrected chi connectivity index (χ2v) is 5.54. The summed E-state index contributed by atoms with van der Waals surface area (Å²) < 4.78 is 13.1. The highest BCUT2D eigenvalue weighted by molar-refractivity contribution is 6.04. The molecule has 0 aromatic heterocycles. The molecule has 3 amide bonds. The minimum Gasteiger partial charge on any atom is -0.322 e. The number of nitrogens with zero attached hydrogens (tertiary/aromatic N) is 1. The molecule has 5 nitrogen and oxygen atoms in total. The molecule has 0 radical (unpaired) electrons. The van der Waals surface area contributed by atoms with E-state index < -0.39 is 11.7 Å². The van der Waals surface area contributed by atoms with Gasteiger partial charge in [-0.2, -0.15) is 0 Å². The predicted octanol–water partition coefficient (Wildman–Crippen LogP) is 2.73. The second-order valence-electron chi connectivity index (χ2n) is 5.54. The molecule has 3 rings (SSSR count). The van der Waals surface area contributed by atoms with E-state index in [1.807, 2.05) is 0 Å². The van der Waals surface area contributed by atoms with Gasteiger partial charge in [-0.1, -0.05) is 18.2 Å². The number of carbonyl (C=O) groups is 3. The summed E-state index contributed by atoms with van der Waals surface area (Å²) in [4.78, 5) is 36.5. The SMILES string of the molecule is O=C(Nc1ccc(CN2C(=O)CCC2=O)cc1)c1cccc(F)c1. The lowest BCUT2D eigenvalue weighted by molar-refractivity contribution is -0.139. The number of halogens is 1. The highest BCUT2D eigenvalue weighted by Gasteiger charge is 2.28. The summed E-state index contributed by atoms with van der Waals surface area (Å²) >= 11 is 0. The van der Waals surface area contributed by atoms with Crippen LogP contribution in [0.4, 0.5) is 10.1 Å². The Morgan fingerprint density at radius 2 is 1.71 bits per heavy atom. The van der Waals surface area contributed by atoms with Crippen LogP contribution < -0.4 is 5.32 Å². The van der Waals surface area contributed by atoms with E-state index in [4.69, 9.17) is 0 Å². The lowest BCUT2D eigenvalue weighted by Gasteiger charge is -2.14. The third-order valence-corrected chi connectivity index (χ3v) is 3.79. The number of rotatable bonds is 4. The number of anilines is 1. The summed E-state index contributed by atoms with van der Waals surface area (Å²) in [5.41, 5.74) is 1.57. The number of hydrogen-bond acceptors (Lipinski definition) is 3. The van der Waals surface area contributed by atoms with Gasteiger partial charge < -0.3 is 5.32 Å². The fourth-order valence-electron chi connectivity index (χ4n) is 2.51. The van der Waals surface area contributed by atoms with Crippen molar-refractivity contribution in [2.24, 2.45) is 0 Å². The monoisotopic (exact) mass is 326 g/mol. The maximum absolute atomic E-state index is 13.1. The first-order valence-electron chi connectivity index (χ1n) is 7.52. The number of benzene rings is 2. The molecule has 2 aromatic rings. The zero-order valence-corrected chi connectivity index (χ0v) is 12.8. The molecule has 0 saturated carbocycles. The Hall–Kier alpha value is -3.02. The first-order chi connectivity index (χ1) is 11.5. The predicted molar refractivity (Wildman–Crippen MR) is 85.6 cm³/mol. The van der Waals surface area contributed by atoms with Crippen LogP contribution in [0.15, 0.2) is 48.5 Å². The summed E-state index contributed by atoms with van der Waals surface area (Å²) in [7, 11) is 0. The number of amides is 3. The molecule has 0 atom stereocenters. The van der Waals surface area contributed by atoms with Gasteiger partial charge in [0.2, 0.25) is 11.8 Å². The molecule has 1 aliphatic heterocycles. The van der Waals surface area contributed by atoms with Crippen molar-refractivity contribution in [2.75, 3.05) is 5.32 Å². The van der Waals surface area contributed by atoms with Gasteiger partial charge in [0, 0.05) is 24.1 Å². The van der Waals surface area contributed by atoms with Crippen molar-refractivity contribution in [3.8, 4) is 0 Å². The van der Waals surface area contributed by atoms with Crippen molar-refractivity contribution in [1.29, 1.82) is 0 Å². The second kappa shape index (κ2) is 6.62. The molecule has 0 spiro atoms. The van der Waals surface area contributed by atoms with Gasteiger partial charge in [0.05, 0.1) is 6.54 Å². The van der Waals surface area contributed by atoms with Crippen LogP contribution in [0.25, 0.3) is 0 Å². The van der Waals surface area contributed by atoms with Crippen LogP contribution in [0.1, 0.15) is 28.8 Å². The van der Waals surface area contributed by atoms with E-state index >= 15 is 0 Å². The Morgan fingerprint density at radius 1 is 1.04 bits per heavy atom. The Kier molecular flexibility index (Phi) is 4.37. The van der Waals surface area contributed by atoms with Gasteiger partial charge in [-0.15, -0.1) is 0 Å². The number of likely N-dealkylation sites (tertiary alicyclic amines) is 1. The van der Waals surface area contributed by atoms with Crippen LogP contribution in [0.5, 0.6) is 0 Å². The van der Waals surface area contributed by atoms with E-state index in [0.717, 1.165) is 11.6 Å². The molecule has 122 valence electrons. The summed E-state index contributed by atoms with van der Waals surface area (Å²) in [6, 6.07) is 12.3. The van der Waals surface area contributed by atoms with Crippen LogP contribution in [0.3, 0.4) is 0 Å². The summed E-state index contributed by atoms with van der Waals surface area (Å²) in [6.07, 6.45) is 0.529. The maximum atomic E-state index is 13.1. The molecule has 1 aliphatic rings. The highest BCUT2D eigenvalue weighted by Crippen LogP contribution is 2.18. The fourth-order valence-corrected chi connectivity index (χ4v) is 2.51. The number of nitrogens with one attached hydrogen (secondary N) is 1. The molecule has 1 fully saturated rings. The van der Waals surface area contributed by atoms with Crippen molar-refractivity contribution in [1.82, 2.24) is 4.90 Å². The third kappa shape index (κ3) is 3.48. The number of hydrogen-bond donors (Lipinski definition) is 1. The van der Waals surface area contributed by atoms with Gasteiger partial charge >= 0.3 is 0 Å². The third-order valence-electron chi connectivity index (χ3n) is 3.79. The van der Waals surface area contributed by atoms with Gasteiger partial charge in [-0.05, 0) is 35.9 Å². The van der Waals surface area contributed by atoms with E-state index in [0.29, 0.717) is 5.69 Å². The molecule has 1 N–H and O–H groups in total. The van der Waals surface area contributed by atoms with Crippen molar-refractivity contribution in [3.63, 3.8) is 0 Å². The molecule has 0 bridgehead atoms. The van der Waals surface area contributed by atoms with E-state index in [1.165, 1.54) is 23.1 Å². The van der Waals surface area contributed by atoms with Gasteiger partial charge in [0.1, 0.15) is 5.82 Å². The molecule has 0 aliphatic carbocycles. The van der Waals surface area contributed by atoms with Crippen molar-refractivity contribution in [2.45, 2.75) is 19.4 Å². The first kappa shape index (κ1) is 15.9. The van der Waals surface area contributed by atoms with Crippen LogP contribution in [0.2, 0.25) is 0 Å². The summed E-state index contributed by atoms with van der Waals surface area (Å²) in [5, 5.41) is 2.67. The minimum absolute atomic E-state index is 0.163. The topological polar surface area (TPSA) is 66.5 Å². The van der Waals surface area contributed by atoms with Crippen molar-refractivity contribution < 1.29 is 18.8 Å². The molecular weight excluding hydrogens is 311 g/mol. The quantitative estimate of drug-likeness (QED) is 0.879. The fraction of sp³-hybridized carbons (Fsp3) is 0.167. The average molecular weight is 326 g/mol. The Balaban J connectivity index is 1.65. The van der Waals surface area contributed by atoms with Gasteiger partial charge in [0.25, 0.3) is 5.91 Å². The van der Waals surface area contributed by atoms with Gasteiger partial charge in [0.15, 0.2) is 0 Å². The standard InChI is InChI=1S/C18H15FN2O3/c19-14-3-1-2-13(10-14)18(24)20-15-6-4-12(5-7-15)11-21-16(22)8-9-17(21)23/h1-7,10H,8-9,11H2,(H,20,24). The largest absolute Gasteiger partial charge is 0.322 e. The highest BCUT2D eigenvalue weighted by atomic mass is 19.1. The molecule has 1 saturated heterocycles. The molecule has 6 heteroatoms. The Labute approximate surface area is 138 Å². The smallest absolute Gasteiger partial charge is 0.255 e. The number of carbonyl (C=O) groups excluding carboxylic acids is 3. The van der Waals surface area contributed by atoms with Crippen molar-refractivity contribution in [3.05, 3.63) is 65.5 Å². The van der Waals surface area contributed by atoms with Gasteiger partial charge in [-0.25, -0.2) is 4.39 Å². The van der Waals surface area contributed by atoms with Gasteiger partial charge in [-0.3, -0.25) is 19.3 Å². The lowest BCUT2D eigenvalue weighted by atomic mass is 10.1. The minimum atomic E-state index is -0.474. The van der Waals surface area contributed by atoms with Crippen LogP contribution in [0, 0.1) is 5.82 Å². The normalized spacial score (nSPS) is 14.1. The van der Waals surface area contributed by atoms with E-state index in [-0.39, 0.29) is 36.8 Å². The zero-order valence-electron chi connectivity index (χ0n) is 12.8. The first-order valence-corrected chi connectivity index (χ1v) is 7.52. The molecule has 2 aromatic carbocycles. The lowest BCUT2D eigenvalue weighted by Crippen LogP contribution is -2.28. The number of imide groups is 1. The Morgan fingerprint density at radius 3 is 2.33 bits per heavy atom.